The van der Waals surface area contributed by atoms with Crippen LogP contribution in [0.5, 0.6) is 0 Å². The van der Waals surface area contributed by atoms with Crippen molar-refractivity contribution in [3.8, 4) is 0 Å². The number of nitrogens with zero attached hydrogens (tertiary/aromatic N) is 2. The lowest BCUT2D eigenvalue weighted by molar-refractivity contribution is -0.120. The first-order valence-corrected chi connectivity index (χ1v) is 9.33. The first-order valence-electron chi connectivity index (χ1n) is 7.48. The van der Waals surface area contributed by atoms with Gasteiger partial charge in [-0.25, -0.2) is 8.42 Å². The van der Waals surface area contributed by atoms with Gasteiger partial charge in [0.1, 0.15) is 6.29 Å². The summed E-state index contributed by atoms with van der Waals surface area (Å²) in [4.78, 5) is 13.8. The van der Waals surface area contributed by atoms with E-state index in [0.717, 1.165) is 45.2 Å². The minimum Gasteiger partial charge on any atom is -0.303 e. The van der Waals surface area contributed by atoms with Crippen LogP contribution in [0.25, 0.3) is 0 Å². The maximum atomic E-state index is 11.6. The van der Waals surface area contributed by atoms with Crippen LogP contribution in [0, 0.1) is 11.3 Å². The number of aldehydes is 1. The molecule has 1 heterocycles. The van der Waals surface area contributed by atoms with Crippen LogP contribution in [-0.2, 0) is 14.8 Å². The van der Waals surface area contributed by atoms with E-state index in [-0.39, 0.29) is 5.41 Å². The third kappa shape index (κ3) is 3.80. The number of hydrogen-bond acceptors (Lipinski definition) is 4. The van der Waals surface area contributed by atoms with Crippen molar-refractivity contribution in [2.45, 2.75) is 32.6 Å². The molecule has 2 fully saturated rings. The minimum atomic E-state index is -3.07. The highest BCUT2D eigenvalue weighted by atomic mass is 32.2. The van der Waals surface area contributed by atoms with E-state index in [9.17, 15) is 13.2 Å². The number of rotatable bonds is 4. The molecule has 1 saturated carbocycles. The van der Waals surface area contributed by atoms with Crippen LogP contribution < -0.4 is 0 Å². The Morgan fingerprint density at radius 2 is 1.90 bits per heavy atom. The molecule has 0 aromatic rings. The molecule has 1 aliphatic heterocycles. The first-order chi connectivity index (χ1) is 9.35. The zero-order valence-corrected chi connectivity index (χ0v) is 13.4. The van der Waals surface area contributed by atoms with Crippen molar-refractivity contribution in [2.24, 2.45) is 11.3 Å². The monoisotopic (exact) mass is 302 g/mol. The predicted molar refractivity (Wildman–Crippen MR) is 79.0 cm³/mol. The van der Waals surface area contributed by atoms with Gasteiger partial charge in [-0.05, 0) is 18.8 Å². The lowest BCUT2D eigenvalue weighted by Crippen LogP contribution is -2.52. The van der Waals surface area contributed by atoms with Crippen LogP contribution >= 0.6 is 0 Å². The van der Waals surface area contributed by atoms with Crippen LogP contribution in [0.1, 0.15) is 32.6 Å². The van der Waals surface area contributed by atoms with Gasteiger partial charge in [-0.2, -0.15) is 4.31 Å². The quantitative estimate of drug-likeness (QED) is 0.726. The summed E-state index contributed by atoms with van der Waals surface area (Å²) in [5, 5.41) is 0. The van der Waals surface area contributed by atoms with Crippen molar-refractivity contribution >= 4 is 16.3 Å². The van der Waals surface area contributed by atoms with Gasteiger partial charge in [0.15, 0.2) is 0 Å². The average molecular weight is 302 g/mol. The number of carbonyl (C=O) groups is 1. The van der Waals surface area contributed by atoms with Crippen molar-refractivity contribution in [3.05, 3.63) is 0 Å². The van der Waals surface area contributed by atoms with E-state index in [1.807, 2.05) is 0 Å². The highest BCUT2D eigenvalue weighted by molar-refractivity contribution is 7.88. The predicted octanol–water partition coefficient (Wildman–Crippen LogP) is 0.959. The fraction of sp³-hybridized carbons (Fsp3) is 0.929. The number of carbonyl (C=O) groups excluding carboxylic acids is 1. The third-order valence-corrected chi connectivity index (χ3v) is 6.02. The molecule has 0 radical (unpaired) electrons. The van der Waals surface area contributed by atoms with Crippen molar-refractivity contribution < 1.29 is 13.2 Å². The van der Waals surface area contributed by atoms with Crippen LogP contribution in [0.3, 0.4) is 0 Å². The zero-order valence-electron chi connectivity index (χ0n) is 12.5. The Kier molecular flexibility index (Phi) is 4.87. The molecule has 0 amide bonds. The minimum absolute atomic E-state index is 0.203. The summed E-state index contributed by atoms with van der Waals surface area (Å²) in [6.45, 7) is 5.57. The maximum Gasteiger partial charge on any atom is 0.211 e. The Bertz CT molecular complexity index is 443. The van der Waals surface area contributed by atoms with Crippen LogP contribution in [-0.4, -0.2) is 62.9 Å². The molecule has 6 heteroatoms. The Hall–Kier alpha value is -0.460. The van der Waals surface area contributed by atoms with E-state index in [2.05, 4.69) is 11.8 Å². The molecule has 2 rings (SSSR count). The van der Waals surface area contributed by atoms with Gasteiger partial charge < -0.3 is 4.79 Å². The first kappa shape index (κ1) is 15.9. The fourth-order valence-corrected chi connectivity index (χ4v) is 4.48. The summed E-state index contributed by atoms with van der Waals surface area (Å²) >= 11 is 0. The van der Waals surface area contributed by atoms with Crippen LogP contribution in [0.2, 0.25) is 0 Å². The molecule has 1 aliphatic carbocycles. The SMILES string of the molecule is CC1CCCC(C=O)(CN2CCN(S(C)(=O)=O)CC2)C1. The third-order valence-electron chi connectivity index (χ3n) is 4.72. The molecule has 0 aromatic carbocycles. The molecule has 1 saturated heterocycles. The average Bonchev–Trinajstić information content (AvgIpc) is 2.38. The maximum absolute atomic E-state index is 11.6. The molecular weight excluding hydrogens is 276 g/mol. The van der Waals surface area contributed by atoms with E-state index in [1.54, 1.807) is 0 Å². The van der Waals surface area contributed by atoms with Gasteiger partial charge in [0.05, 0.1) is 6.26 Å². The molecule has 0 spiro atoms. The molecule has 5 nitrogen and oxygen atoms in total. The summed E-state index contributed by atoms with van der Waals surface area (Å²) in [7, 11) is -3.07. The van der Waals surface area contributed by atoms with Crippen LogP contribution in [0.15, 0.2) is 0 Å². The largest absolute Gasteiger partial charge is 0.303 e. The molecule has 0 bridgehead atoms. The van der Waals surface area contributed by atoms with Gasteiger partial charge in [0.25, 0.3) is 0 Å². The van der Waals surface area contributed by atoms with E-state index >= 15 is 0 Å². The molecule has 2 unspecified atom stereocenters. The molecule has 0 N–H and O–H groups in total. The van der Waals surface area contributed by atoms with Gasteiger partial charge in [-0.1, -0.05) is 19.8 Å². The zero-order chi connectivity index (χ0) is 14.8. The summed E-state index contributed by atoms with van der Waals surface area (Å²) < 4.78 is 24.5. The number of piperazine rings is 1. The van der Waals surface area contributed by atoms with E-state index < -0.39 is 10.0 Å². The highest BCUT2D eigenvalue weighted by Gasteiger charge is 2.37. The standard InChI is InChI=1S/C14H26N2O3S/c1-13-4-3-5-14(10-13,12-17)11-15-6-8-16(9-7-15)20(2,18)19/h12-13H,3-11H2,1-2H3. The van der Waals surface area contributed by atoms with E-state index in [0.29, 0.717) is 19.0 Å². The van der Waals surface area contributed by atoms with Crippen LogP contribution in [0.4, 0.5) is 0 Å². The Morgan fingerprint density at radius 1 is 1.25 bits per heavy atom. The molecule has 2 atom stereocenters. The fourth-order valence-electron chi connectivity index (χ4n) is 3.65. The summed E-state index contributed by atoms with van der Waals surface area (Å²) in [6, 6.07) is 0. The molecule has 116 valence electrons. The lowest BCUT2D eigenvalue weighted by Gasteiger charge is -2.42. The Labute approximate surface area is 122 Å². The van der Waals surface area contributed by atoms with Gasteiger partial charge in [0.2, 0.25) is 10.0 Å². The van der Waals surface area contributed by atoms with E-state index in [1.165, 1.54) is 17.0 Å². The van der Waals surface area contributed by atoms with Crippen molar-refractivity contribution in [2.75, 3.05) is 39.0 Å². The molecule has 20 heavy (non-hydrogen) atoms. The summed E-state index contributed by atoms with van der Waals surface area (Å²) in [5.41, 5.74) is -0.203. The second-order valence-electron chi connectivity index (χ2n) is 6.62. The van der Waals surface area contributed by atoms with Gasteiger partial charge in [-0.15, -0.1) is 0 Å². The number of hydrogen-bond donors (Lipinski definition) is 0. The van der Waals surface area contributed by atoms with Crippen molar-refractivity contribution in [3.63, 3.8) is 0 Å². The second-order valence-corrected chi connectivity index (χ2v) is 8.60. The Morgan fingerprint density at radius 3 is 2.40 bits per heavy atom. The Balaban J connectivity index is 1.92. The number of sulfonamides is 1. The topological polar surface area (TPSA) is 57.7 Å². The smallest absolute Gasteiger partial charge is 0.211 e. The molecule has 2 aliphatic rings. The van der Waals surface area contributed by atoms with E-state index in [4.69, 9.17) is 0 Å². The summed E-state index contributed by atoms with van der Waals surface area (Å²) in [6.07, 6.45) is 6.72. The second kappa shape index (κ2) is 6.12. The lowest BCUT2D eigenvalue weighted by atomic mass is 9.70. The van der Waals surface area contributed by atoms with Crippen molar-refractivity contribution in [1.82, 2.24) is 9.21 Å². The molecular formula is C14H26N2O3S. The molecule has 0 aromatic heterocycles. The van der Waals surface area contributed by atoms with Gasteiger partial charge >= 0.3 is 0 Å². The van der Waals surface area contributed by atoms with Gasteiger partial charge in [0, 0.05) is 38.1 Å². The van der Waals surface area contributed by atoms with Gasteiger partial charge in [-0.3, -0.25) is 4.90 Å². The normalized spacial score (nSPS) is 34.0. The summed E-state index contributed by atoms with van der Waals surface area (Å²) in [5.74, 6) is 0.617. The van der Waals surface area contributed by atoms with Crippen molar-refractivity contribution in [1.29, 1.82) is 0 Å². The highest BCUT2D eigenvalue weighted by Crippen LogP contribution is 2.38.